The first-order valence-electron chi connectivity index (χ1n) is 4.54. The largest absolute Gasteiger partial charge is 0.488 e. The molecule has 0 radical (unpaired) electrons. The summed E-state index contributed by atoms with van der Waals surface area (Å²) in [7, 11) is 0. The minimum Gasteiger partial charge on any atom is -0.488 e. The molecule has 3 nitrogen and oxygen atoms in total. The molecule has 0 aliphatic carbocycles. The minimum absolute atomic E-state index is 0.612. The Kier molecular flexibility index (Phi) is 2.49. The molecular weight excluding hydrogens is 178 g/mol. The van der Waals surface area contributed by atoms with Crippen LogP contribution in [0.5, 0.6) is 5.75 Å². The van der Waals surface area contributed by atoms with E-state index in [2.05, 4.69) is 5.16 Å². The molecule has 3 heteroatoms. The smallest absolute Gasteiger partial charge is 0.208 e. The van der Waals surface area contributed by atoms with E-state index < -0.39 is 0 Å². The van der Waals surface area contributed by atoms with Crippen LogP contribution in [0.4, 0.5) is 0 Å². The van der Waals surface area contributed by atoms with Gasteiger partial charge in [0.2, 0.25) is 5.76 Å². The molecule has 0 unspecified atom stereocenters. The van der Waals surface area contributed by atoms with Crippen LogP contribution >= 0.6 is 0 Å². The van der Waals surface area contributed by atoms with Gasteiger partial charge in [0, 0.05) is 5.56 Å². The minimum atomic E-state index is 0.612. The van der Waals surface area contributed by atoms with Crippen LogP contribution in [0.2, 0.25) is 0 Å². The number of hydrogen-bond donors (Lipinski definition) is 0. The first-order valence-corrected chi connectivity index (χ1v) is 4.54. The molecule has 72 valence electrons. The summed E-state index contributed by atoms with van der Waals surface area (Å²) in [6, 6.07) is 9.79. The van der Waals surface area contributed by atoms with Gasteiger partial charge in [-0.25, -0.2) is 0 Å². The van der Waals surface area contributed by atoms with Crippen molar-refractivity contribution < 1.29 is 9.26 Å². The van der Waals surface area contributed by atoms with E-state index in [1.807, 2.05) is 37.3 Å². The van der Waals surface area contributed by atoms with E-state index in [0.29, 0.717) is 18.1 Å². The Labute approximate surface area is 82.3 Å². The molecule has 1 aromatic heterocycles. The van der Waals surface area contributed by atoms with Crippen LogP contribution in [-0.2, 0) is 0 Å². The second-order valence-electron chi connectivity index (χ2n) is 2.82. The zero-order valence-electron chi connectivity index (χ0n) is 7.93. The van der Waals surface area contributed by atoms with Crippen LogP contribution in [0.25, 0.3) is 11.3 Å². The van der Waals surface area contributed by atoms with E-state index in [-0.39, 0.29) is 0 Å². The SMILES string of the molecule is CCOc1cnoc1-c1ccccc1. The van der Waals surface area contributed by atoms with E-state index in [9.17, 15) is 0 Å². The Bertz CT molecular complexity index is 395. The molecule has 1 aromatic carbocycles. The maximum atomic E-state index is 5.38. The highest BCUT2D eigenvalue weighted by molar-refractivity contribution is 5.63. The van der Waals surface area contributed by atoms with Gasteiger partial charge in [0.05, 0.1) is 6.61 Å². The number of aromatic nitrogens is 1. The third-order valence-electron chi connectivity index (χ3n) is 1.87. The number of nitrogens with zero attached hydrogens (tertiary/aromatic N) is 1. The van der Waals surface area contributed by atoms with Gasteiger partial charge in [-0.05, 0) is 6.92 Å². The van der Waals surface area contributed by atoms with Crippen molar-refractivity contribution in [3.63, 3.8) is 0 Å². The third kappa shape index (κ3) is 1.62. The molecule has 0 amide bonds. The molecule has 0 spiro atoms. The van der Waals surface area contributed by atoms with Gasteiger partial charge in [-0.3, -0.25) is 0 Å². The Morgan fingerprint density at radius 2 is 2.07 bits per heavy atom. The summed E-state index contributed by atoms with van der Waals surface area (Å²) in [4.78, 5) is 0. The lowest BCUT2D eigenvalue weighted by atomic mass is 10.2. The van der Waals surface area contributed by atoms with Crippen molar-refractivity contribution in [3.05, 3.63) is 36.5 Å². The van der Waals surface area contributed by atoms with Gasteiger partial charge in [0.25, 0.3) is 0 Å². The molecule has 0 aliphatic heterocycles. The molecule has 0 saturated heterocycles. The number of benzene rings is 1. The highest BCUT2D eigenvalue weighted by atomic mass is 16.5. The van der Waals surface area contributed by atoms with Gasteiger partial charge < -0.3 is 9.26 Å². The van der Waals surface area contributed by atoms with E-state index >= 15 is 0 Å². The maximum absolute atomic E-state index is 5.38. The number of hydrogen-bond acceptors (Lipinski definition) is 3. The highest BCUT2D eigenvalue weighted by Crippen LogP contribution is 2.29. The lowest BCUT2D eigenvalue weighted by Gasteiger charge is -2.00. The summed E-state index contributed by atoms with van der Waals surface area (Å²) < 4.78 is 10.5. The van der Waals surface area contributed by atoms with E-state index in [1.165, 1.54) is 0 Å². The predicted octanol–water partition coefficient (Wildman–Crippen LogP) is 2.74. The van der Waals surface area contributed by atoms with Gasteiger partial charge >= 0.3 is 0 Å². The summed E-state index contributed by atoms with van der Waals surface area (Å²) >= 11 is 0. The van der Waals surface area contributed by atoms with Crippen molar-refractivity contribution in [1.29, 1.82) is 0 Å². The zero-order chi connectivity index (χ0) is 9.80. The molecule has 0 fully saturated rings. The van der Waals surface area contributed by atoms with Gasteiger partial charge in [-0.2, -0.15) is 0 Å². The zero-order valence-corrected chi connectivity index (χ0v) is 7.93. The number of ether oxygens (including phenoxy) is 1. The Morgan fingerprint density at radius 1 is 1.29 bits per heavy atom. The average molecular weight is 189 g/mol. The van der Waals surface area contributed by atoms with Crippen molar-refractivity contribution in [3.8, 4) is 17.1 Å². The average Bonchev–Trinajstić information content (AvgIpc) is 2.68. The van der Waals surface area contributed by atoms with Crippen molar-refractivity contribution >= 4 is 0 Å². The van der Waals surface area contributed by atoms with Gasteiger partial charge in [0.1, 0.15) is 6.20 Å². The molecule has 0 bridgehead atoms. The maximum Gasteiger partial charge on any atom is 0.208 e. The molecule has 0 aliphatic rings. The van der Waals surface area contributed by atoms with Gasteiger partial charge in [0.15, 0.2) is 5.75 Å². The van der Waals surface area contributed by atoms with Gasteiger partial charge in [-0.1, -0.05) is 35.5 Å². The molecule has 14 heavy (non-hydrogen) atoms. The number of rotatable bonds is 3. The fourth-order valence-electron chi connectivity index (χ4n) is 1.27. The molecular formula is C11H11NO2. The van der Waals surface area contributed by atoms with Crippen molar-refractivity contribution in [2.24, 2.45) is 0 Å². The van der Waals surface area contributed by atoms with Crippen molar-refractivity contribution in [1.82, 2.24) is 5.16 Å². The van der Waals surface area contributed by atoms with Crippen LogP contribution in [0.3, 0.4) is 0 Å². The van der Waals surface area contributed by atoms with E-state index in [0.717, 1.165) is 5.56 Å². The molecule has 0 saturated carbocycles. The van der Waals surface area contributed by atoms with Crippen LogP contribution < -0.4 is 4.74 Å². The van der Waals surface area contributed by atoms with Crippen LogP contribution in [0.15, 0.2) is 41.1 Å². The van der Waals surface area contributed by atoms with Crippen molar-refractivity contribution in [2.45, 2.75) is 6.92 Å². The van der Waals surface area contributed by atoms with Crippen LogP contribution in [0, 0.1) is 0 Å². The van der Waals surface area contributed by atoms with Crippen molar-refractivity contribution in [2.75, 3.05) is 6.61 Å². The second-order valence-corrected chi connectivity index (χ2v) is 2.82. The molecule has 2 rings (SSSR count). The van der Waals surface area contributed by atoms with Crippen LogP contribution in [-0.4, -0.2) is 11.8 Å². The van der Waals surface area contributed by atoms with E-state index in [4.69, 9.17) is 9.26 Å². The summed E-state index contributed by atoms with van der Waals surface area (Å²) in [5, 5.41) is 3.72. The fourth-order valence-corrected chi connectivity index (χ4v) is 1.27. The lowest BCUT2D eigenvalue weighted by Crippen LogP contribution is -1.90. The molecule has 1 heterocycles. The highest BCUT2D eigenvalue weighted by Gasteiger charge is 2.10. The van der Waals surface area contributed by atoms with Crippen LogP contribution in [0.1, 0.15) is 6.92 Å². The summed E-state index contributed by atoms with van der Waals surface area (Å²) in [6.45, 7) is 2.54. The molecule has 0 atom stereocenters. The Morgan fingerprint density at radius 3 is 2.79 bits per heavy atom. The first kappa shape index (κ1) is 8.81. The fraction of sp³-hybridized carbons (Fsp3) is 0.182. The Balaban J connectivity index is 2.37. The molecule has 2 aromatic rings. The normalized spacial score (nSPS) is 10.1. The summed E-state index contributed by atoms with van der Waals surface area (Å²) in [6.07, 6.45) is 1.59. The second kappa shape index (κ2) is 3.96. The standard InChI is InChI=1S/C11H11NO2/c1-2-13-10-8-12-14-11(10)9-6-4-3-5-7-9/h3-8H,2H2,1H3. The third-order valence-corrected chi connectivity index (χ3v) is 1.87. The lowest BCUT2D eigenvalue weighted by molar-refractivity contribution is 0.337. The Hall–Kier alpha value is -1.77. The first-order chi connectivity index (χ1) is 6.92. The topological polar surface area (TPSA) is 35.3 Å². The predicted molar refractivity (Wildman–Crippen MR) is 53.1 cm³/mol. The monoisotopic (exact) mass is 189 g/mol. The summed E-state index contributed by atoms with van der Waals surface area (Å²) in [5.41, 5.74) is 0.980. The quantitative estimate of drug-likeness (QED) is 0.744. The van der Waals surface area contributed by atoms with Gasteiger partial charge in [-0.15, -0.1) is 0 Å². The van der Waals surface area contributed by atoms with E-state index in [1.54, 1.807) is 6.20 Å². The molecule has 0 N–H and O–H groups in total. The summed E-state index contributed by atoms with van der Waals surface area (Å²) in [5.74, 6) is 1.38.